The van der Waals surface area contributed by atoms with E-state index in [1.165, 1.54) is 5.56 Å². The molecule has 1 rings (SSSR count). The standard InChI is InChI=1S/C11H16FNO/c1-2-9-4-5-11(10(13)8-9)14-7-3-6-12/h4-5,8H,2-3,6-7,13H2,1H3. The van der Waals surface area contributed by atoms with Crippen molar-refractivity contribution in [2.45, 2.75) is 19.8 Å². The summed E-state index contributed by atoms with van der Waals surface area (Å²) in [6.07, 6.45) is 1.37. The summed E-state index contributed by atoms with van der Waals surface area (Å²) in [5.74, 6) is 0.649. The molecule has 3 heteroatoms. The van der Waals surface area contributed by atoms with Crippen LogP contribution in [-0.4, -0.2) is 13.3 Å². The average Bonchev–Trinajstić information content (AvgIpc) is 2.20. The number of halogens is 1. The Morgan fingerprint density at radius 3 is 2.79 bits per heavy atom. The van der Waals surface area contributed by atoms with Gasteiger partial charge < -0.3 is 10.5 Å². The van der Waals surface area contributed by atoms with Gasteiger partial charge in [0.2, 0.25) is 0 Å². The summed E-state index contributed by atoms with van der Waals surface area (Å²) in [5.41, 5.74) is 7.57. The van der Waals surface area contributed by atoms with Gasteiger partial charge in [0, 0.05) is 6.42 Å². The smallest absolute Gasteiger partial charge is 0.142 e. The van der Waals surface area contributed by atoms with E-state index < -0.39 is 0 Å². The fourth-order valence-corrected chi connectivity index (χ4v) is 1.19. The summed E-state index contributed by atoms with van der Waals surface area (Å²) >= 11 is 0. The van der Waals surface area contributed by atoms with Crippen molar-refractivity contribution >= 4 is 5.69 Å². The summed E-state index contributed by atoms with van der Waals surface area (Å²) in [5, 5.41) is 0. The Kier molecular flexibility index (Phi) is 4.23. The van der Waals surface area contributed by atoms with Crippen LogP contribution < -0.4 is 10.5 Å². The van der Waals surface area contributed by atoms with Crippen LogP contribution in [0.5, 0.6) is 5.75 Å². The number of benzene rings is 1. The van der Waals surface area contributed by atoms with Crippen LogP contribution in [0.2, 0.25) is 0 Å². The van der Waals surface area contributed by atoms with Crippen LogP contribution in [0.1, 0.15) is 18.9 Å². The number of rotatable bonds is 5. The van der Waals surface area contributed by atoms with Gasteiger partial charge in [-0.1, -0.05) is 13.0 Å². The number of aryl methyl sites for hydroxylation is 1. The molecule has 78 valence electrons. The molecule has 0 radical (unpaired) electrons. The maximum Gasteiger partial charge on any atom is 0.142 e. The Morgan fingerprint density at radius 1 is 1.43 bits per heavy atom. The summed E-state index contributed by atoms with van der Waals surface area (Å²) in [7, 11) is 0. The highest BCUT2D eigenvalue weighted by Crippen LogP contribution is 2.22. The number of hydrogen-bond donors (Lipinski definition) is 1. The molecule has 0 heterocycles. The second kappa shape index (κ2) is 5.47. The molecule has 0 saturated heterocycles. The van der Waals surface area contributed by atoms with Gasteiger partial charge >= 0.3 is 0 Å². The summed E-state index contributed by atoms with van der Waals surface area (Å²) in [4.78, 5) is 0. The minimum absolute atomic E-state index is 0.354. The van der Waals surface area contributed by atoms with E-state index in [2.05, 4.69) is 6.92 Å². The summed E-state index contributed by atoms with van der Waals surface area (Å²) in [6, 6.07) is 5.71. The Hall–Kier alpha value is -1.25. The quantitative estimate of drug-likeness (QED) is 0.581. The topological polar surface area (TPSA) is 35.2 Å². The fraction of sp³-hybridized carbons (Fsp3) is 0.455. The molecule has 0 fully saturated rings. The van der Waals surface area contributed by atoms with Gasteiger partial charge in [-0.25, -0.2) is 0 Å². The van der Waals surface area contributed by atoms with E-state index in [1.54, 1.807) is 0 Å². The third-order valence-electron chi connectivity index (χ3n) is 2.02. The molecular formula is C11H16FNO. The molecular weight excluding hydrogens is 181 g/mol. The van der Waals surface area contributed by atoms with E-state index in [0.717, 1.165) is 6.42 Å². The maximum absolute atomic E-state index is 11.8. The maximum atomic E-state index is 11.8. The van der Waals surface area contributed by atoms with Gasteiger partial charge in [-0.05, 0) is 24.1 Å². The first kappa shape index (κ1) is 10.8. The first-order valence-electron chi connectivity index (χ1n) is 4.85. The van der Waals surface area contributed by atoms with E-state index >= 15 is 0 Å². The predicted octanol–water partition coefficient (Wildman–Crippen LogP) is 2.57. The number of ether oxygens (including phenoxy) is 1. The monoisotopic (exact) mass is 197 g/mol. The minimum atomic E-state index is -0.354. The molecule has 2 nitrogen and oxygen atoms in total. The van der Waals surface area contributed by atoms with Crippen molar-refractivity contribution in [1.29, 1.82) is 0 Å². The molecule has 1 aromatic carbocycles. The van der Waals surface area contributed by atoms with Crippen molar-refractivity contribution in [2.75, 3.05) is 19.0 Å². The average molecular weight is 197 g/mol. The van der Waals surface area contributed by atoms with Crippen LogP contribution in [0.15, 0.2) is 18.2 Å². The van der Waals surface area contributed by atoms with Gasteiger partial charge in [0.15, 0.2) is 0 Å². The minimum Gasteiger partial charge on any atom is -0.491 e. The Morgan fingerprint density at radius 2 is 2.21 bits per heavy atom. The van der Waals surface area contributed by atoms with Crippen molar-refractivity contribution in [3.63, 3.8) is 0 Å². The third-order valence-corrected chi connectivity index (χ3v) is 2.02. The van der Waals surface area contributed by atoms with Crippen molar-refractivity contribution in [3.05, 3.63) is 23.8 Å². The van der Waals surface area contributed by atoms with Gasteiger partial charge in [0.05, 0.1) is 19.0 Å². The lowest BCUT2D eigenvalue weighted by Gasteiger charge is -2.08. The van der Waals surface area contributed by atoms with E-state index in [0.29, 0.717) is 24.5 Å². The van der Waals surface area contributed by atoms with Crippen molar-refractivity contribution < 1.29 is 9.13 Å². The Bertz CT molecular complexity index is 289. The Balaban J connectivity index is 2.59. The Labute approximate surface area is 83.9 Å². The third kappa shape index (κ3) is 2.91. The second-order valence-corrected chi connectivity index (χ2v) is 3.12. The molecule has 1 aromatic rings. The van der Waals surface area contributed by atoms with E-state index in [1.807, 2.05) is 18.2 Å². The van der Waals surface area contributed by atoms with Crippen LogP contribution in [-0.2, 0) is 6.42 Å². The first-order valence-corrected chi connectivity index (χ1v) is 4.85. The molecule has 0 unspecified atom stereocenters. The predicted molar refractivity (Wildman–Crippen MR) is 56.3 cm³/mol. The lowest BCUT2D eigenvalue weighted by molar-refractivity contribution is 0.291. The molecule has 0 aliphatic heterocycles. The van der Waals surface area contributed by atoms with Gasteiger partial charge in [-0.15, -0.1) is 0 Å². The van der Waals surface area contributed by atoms with Crippen LogP contribution in [0.25, 0.3) is 0 Å². The van der Waals surface area contributed by atoms with Crippen molar-refractivity contribution in [2.24, 2.45) is 0 Å². The highest BCUT2D eigenvalue weighted by molar-refractivity contribution is 5.54. The summed E-state index contributed by atoms with van der Waals surface area (Å²) in [6.45, 7) is 2.09. The molecule has 0 aromatic heterocycles. The van der Waals surface area contributed by atoms with Gasteiger partial charge in [-0.2, -0.15) is 0 Å². The van der Waals surface area contributed by atoms with Crippen molar-refractivity contribution in [1.82, 2.24) is 0 Å². The van der Waals surface area contributed by atoms with Crippen LogP contribution >= 0.6 is 0 Å². The van der Waals surface area contributed by atoms with Gasteiger partial charge in [-0.3, -0.25) is 4.39 Å². The fourth-order valence-electron chi connectivity index (χ4n) is 1.19. The van der Waals surface area contributed by atoms with Crippen LogP contribution in [0.3, 0.4) is 0 Å². The van der Waals surface area contributed by atoms with E-state index in [9.17, 15) is 4.39 Å². The van der Waals surface area contributed by atoms with Gasteiger partial charge in [0.1, 0.15) is 5.75 Å². The molecule has 0 aliphatic carbocycles. The number of alkyl halides is 1. The zero-order valence-electron chi connectivity index (χ0n) is 8.42. The lowest BCUT2D eigenvalue weighted by Crippen LogP contribution is -2.01. The SMILES string of the molecule is CCc1ccc(OCCCF)c(N)c1. The van der Waals surface area contributed by atoms with Crippen molar-refractivity contribution in [3.8, 4) is 5.75 Å². The van der Waals surface area contributed by atoms with Crippen LogP contribution in [0, 0.1) is 0 Å². The molecule has 0 spiro atoms. The number of nitrogens with two attached hydrogens (primary N) is 1. The number of anilines is 1. The van der Waals surface area contributed by atoms with E-state index in [4.69, 9.17) is 10.5 Å². The van der Waals surface area contributed by atoms with Gasteiger partial charge in [0.25, 0.3) is 0 Å². The summed E-state index contributed by atoms with van der Waals surface area (Å²) < 4.78 is 17.1. The first-order chi connectivity index (χ1) is 6.77. The second-order valence-electron chi connectivity index (χ2n) is 3.12. The lowest BCUT2D eigenvalue weighted by atomic mass is 10.1. The largest absolute Gasteiger partial charge is 0.491 e. The normalized spacial score (nSPS) is 10.1. The van der Waals surface area contributed by atoms with Crippen LogP contribution in [0.4, 0.5) is 10.1 Å². The molecule has 14 heavy (non-hydrogen) atoms. The molecule has 0 atom stereocenters. The molecule has 0 aliphatic rings. The van der Waals surface area contributed by atoms with E-state index in [-0.39, 0.29) is 6.67 Å². The highest BCUT2D eigenvalue weighted by atomic mass is 19.1. The number of nitrogen functional groups attached to an aromatic ring is 1. The number of hydrogen-bond acceptors (Lipinski definition) is 2. The highest BCUT2D eigenvalue weighted by Gasteiger charge is 2.00. The zero-order valence-corrected chi connectivity index (χ0v) is 8.42. The molecule has 0 saturated carbocycles. The zero-order chi connectivity index (χ0) is 10.4. The molecule has 2 N–H and O–H groups in total. The molecule has 0 bridgehead atoms. The molecule has 0 amide bonds.